The molecule has 2 aliphatic rings. The molecule has 124 valence electrons. The van der Waals surface area contributed by atoms with Gasteiger partial charge in [0.2, 0.25) is 0 Å². The molecule has 2 fully saturated rings. The quantitative estimate of drug-likeness (QED) is 0.265. The van der Waals surface area contributed by atoms with Gasteiger partial charge in [-0.1, -0.05) is 6.92 Å². The lowest BCUT2D eigenvalue weighted by atomic mass is 9.95. The minimum atomic E-state index is -1.81. The Bertz CT molecular complexity index is 354. The molecule has 10 heteroatoms. The van der Waals surface area contributed by atoms with E-state index in [1.54, 1.807) is 0 Å². The highest BCUT2D eigenvalue weighted by molar-refractivity contribution is 4.88. The minimum Gasteiger partial charge on any atom is -0.390 e. The van der Waals surface area contributed by atoms with Gasteiger partial charge in [-0.05, 0) is 0 Å². The van der Waals surface area contributed by atoms with E-state index in [1.807, 2.05) is 0 Å². The summed E-state index contributed by atoms with van der Waals surface area (Å²) in [7, 11) is 0. The molecule has 10 nitrogen and oxygen atoms in total. The maximum Gasteiger partial charge on any atom is 0.189 e. The molecule has 0 aromatic carbocycles. The second-order valence-corrected chi connectivity index (χ2v) is 5.23. The molecule has 0 aliphatic carbocycles. The monoisotopic (exact) mass is 312 g/mol. The molecule has 0 amide bonds. The molecule has 7 N–H and O–H groups in total. The highest BCUT2D eigenvalue weighted by atomic mass is 16.8. The molecule has 0 aromatic rings. The Balaban J connectivity index is 2.06. The average Bonchev–Trinajstić information content (AvgIpc) is 2.44. The van der Waals surface area contributed by atoms with E-state index in [-0.39, 0.29) is 0 Å². The molecule has 2 aliphatic heterocycles. The fourth-order valence-electron chi connectivity index (χ4n) is 2.23. The second kappa shape index (κ2) is 6.38. The van der Waals surface area contributed by atoms with Gasteiger partial charge in [-0.25, -0.2) is 0 Å². The predicted molar refractivity (Wildman–Crippen MR) is 62.0 cm³/mol. The zero-order chi connectivity index (χ0) is 15.9. The Morgan fingerprint density at radius 3 is 1.90 bits per heavy atom. The first-order valence-electron chi connectivity index (χ1n) is 6.47. The van der Waals surface area contributed by atoms with Crippen molar-refractivity contribution in [2.75, 3.05) is 0 Å². The molecule has 0 spiro atoms. The molecular weight excluding hydrogens is 292 g/mol. The molecule has 2 rings (SSSR count). The number of rotatable bonds is 2. The normalized spacial score (nSPS) is 55.4. The van der Waals surface area contributed by atoms with Gasteiger partial charge in [0.05, 0.1) is 6.10 Å². The Labute approximate surface area is 119 Å². The number of hydrogen-bond donors (Lipinski definition) is 7. The average molecular weight is 312 g/mol. The van der Waals surface area contributed by atoms with Crippen LogP contribution in [0.3, 0.4) is 0 Å². The van der Waals surface area contributed by atoms with Crippen LogP contribution in [0.4, 0.5) is 0 Å². The molecule has 2 saturated heterocycles. The van der Waals surface area contributed by atoms with Crippen molar-refractivity contribution >= 4 is 0 Å². The van der Waals surface area contributed by atoms with Crippen molar-refractivity contribution < 1.29 is 50.0 Å². The third kappa shape index (κ3) is 3.19. The number of aliphatic hydroxyl groups excluding tert-OH is 7. The van der Waals surface area contributed by atoms with Crippen LogP contribution in [0.15, 0.2) is 0 Å². The number of ether oxygens (including phenoxy) is 3. The molecule has 0 radical (unpaired) electrons. The van der Waals surface area contributed by atoms with Crippen LogP contribution in [-0.2, 0) is 14.2 Å². The summed E-state index contributed by atoms with van der Waals surface area (Å²) in [5.74, 6) is -0.792. The summed E-state index contributed by atoms with van der Waals surface area (Å²) in [6.07, 6.45) is -14.4. The highest BCUT2D eigenvalue weighted by Crippen LogP contribution is 2.29. The van der Waals surface area contributed by atoms with Crippen molar-refractivity contribution in [3.8, 4) is 0 Å². The first-order valence-corrected chi connectivity index (χ1v) is 6.47. The third-order valence-electron chi connectivity index (χ3n) is 3.72. The summed E-state index contributed by atoms with van der Waals surface area (Å²) < 4.78 is 14.7. The maximum atomic E-state index is 9.94. The van der Waals surface area contributed by atoms with Crippen LogP contribution in [0.1, 0.15) is 6.92 Å². The van der Waals surface area contributed by atoms with Crippen LogP contribution >= 0.6 is 0 Å². The van der Waals surface area contributed by atoms with E-state index in [9.17, 15) is 35.7 Å². The van der Waals surface area contributed by atoms with E-state index in [2.05, 4.69) is 0 Å². The summed E-state index contributed by atoms with van der Waals surface area (Å²) in [6, 6.07) is 0. The molecule has 0 saturated carbocycles. The predicted octanol–water partition coefficient (Wildman–Crippen LogP) is -4.21. The van der Waals surface area contributed by atoms with Gasteiger partial charge in [-0.2, -0.15) is 0 Å². The van der Waals surface area contributed by atoms with Crippen molar-refractivity contribution in [1.29, 1.82) is 0 Å². The minimum absolute atomic E-state index is 0.792. The molecule has 21 heavy (non-hydrogen) atoms. The Hall–Kier alpha value is -0.400. The van der Waals surface area contributed by atoms with Crippen LogP contribution in [0.2, 0.25) is 0 Å². The van der Waals surface area contributed by atoms with E-state index in [1.165, 1.54) is 6.92 Å². The summed E-state index contributed by atoms with van der Waals surface area (Å²) in [6.45, 7) is 1.45. The maximum absolute atomic E-state index is 9.94. The van der Waals surface area contributed by atoms with E-state index in [0.717, 1.165) is 0 Å². The molecule has 0 aromatic heterocycles. The SMILES string of the molecule is C[C@@H]1[C@H](O)[C@H](O[C@@H]2O[C@H](O)[C@@H](O)[C@@H](O)[C@H]2O)[C@@H](O)O[C@H]1O. The molecular formula is C11H20O10. The van der Waals surface area contributed by atoms with Gasteiger partial charge in [-0.3, -0.25) is 0 Å². The molecule has 0 unspecified atom stereocenters. The fourth-order valence-corrected chi connectivity index (χ4v) is 2.23. The van der Waals surface area contributed by atoms with Crippen LogP contribution in [0, 0.1) is 5.92 Å². The highest BCUT2D eigenvalue weighted by Gasteiger charge is 2.49. The van der Waals surface area contributed by atoms with Crippen LogP contribution < -0.4 is 0 Å². The van der Waals surface area contributed by atoms with Gasteiger partial charge >= 0.3 is 0 Å². The van der Waals surface area contributed by atoms with Gasteiger partial charge in [0, 0.05) is 5.92 Å². The van der Waals surface area contributed by atoms with Gasteiger partial charge in [0.15, 0.2) is 25.2 Å². The van der Waals surface area contributed by atoms with Crippen molar-refractivity contribution in [3.63, 3.8) is 0 Å². The smallest absolute Gasteiger partial charge is 0.189 e. The van der Waals surface area contributed by atoms with E-state index < -0.39 is 61.6 Å². The van der Waals surface area contributed by atoms with Gasteiger partial charge in [0.1, 0.15) is 24.4 Å². The number of aliphatic hydroxyl groups is 7. The summed E-state index contributed by atoms with van der Waals surface area (Å²) in [4.78, 5) is 0. The van der Waals surface area contributed by atoms with Crippen molar-refractivity contribution in [3.05, 3.63) is 0 Å². The third-order valence-corrected chi connectivity index (χ3v) is 3.72. The summed E-state index contributed by atoms with van der Waals surface area (Å²) in [5, 5.41) is 67.0. The molecule has 10 atom stereocenters. The first-order chi connectivity index (χ1) is 9.73. The largest absolute Gasteiger partial charge is 0.390 e. The van der Waals surface area contributed by atoms with Crippen LogP contribution in [-0.4, -0.2) is 91.4 Å². The second-order valence-electron chi connectivity index (χ2n) is 5.23. The van der Waals surface area contributed by atoms with Crippen molar-refractivity contribution in [1.82, 2.24) is 0 Å². The van der Waals surface area contributed by atoms with Crippen molar-refractivity contribution in [2.24, 2.45) is 5.92 Å². The van der Waals surface area contributed by atoms with E-state index in [4.69, 9.17) is 14.2 Å². The Morgan fingerprint density at radius 2 is 1.29 bits per heavy atom. The lowest BCUT2D eigenvalue weighted by molar-refractivity contribution is -0.388. The van der Waals surface area contributed by atoms with Crippen LogP contribution in [0.25, 0.3) is 0 Å². The fraction of sp³-hybridized carbons (Fsp3) is 1.00. The zero-order valence-electron chi connectivity index (χ0n) is 11.1. The molecule has 2 heterocycles. The standard InChI is InChI=1S/C11H20O10/c1-2-3(12)7(10(18)20-8(2)16)19-11-6(15)4(13)5(14)9(17)21-11/h2-18H,1H3/t2-,3+,4-,5+,6-,7+,8-,9+,10+,11-/m1/s1. The lowest BCUT2D eigenvalue weighted by Gasteiger charge is -2.43. The topological polar surface area (TPSA) is 169 Å². The first kappa shape index (κ1) is 17.0. The van der Waals surface area contributed by atoms with Gasteiger partial charge < -0.3 is 50.0 Å². The van der Waals surface area contributed by atoms with Gasteiger partial charge in [0.25, 0.3) is 0 Å². The summed E-state index contributed by atoms with van der Waals surface area (Å²) in [5.41, 5.74) is 0. The number of hydrogen-bond acceptors (Lipinski definition) is 10. The van der Waals surface area contributed by atoms with Crippen molar-refractivity contribution in [2.45, 2.75) is 62.6 Å². The zero-order valence-corrected chi connectivity index (χ0v) is 11.1. The summed E-state index contributed by atoms with van der Waals surface area (Å²) >= 11 is 0. The Morgan fingerprint density at radius 1 is 0.667 bits per heavy atom. The Kier molecular flexibility index (Phi) is 5.15. The van der Waals surface area contributed by atoms with E-state index >= 15 is 0 Å². The molecule has 0 bridgehead atoms. The van der Waals surface area contributed by atoms with Gasteiger partial charge in [-0.15, -0.1) is 0 Å². The van der Waals surface area contributed by atoms with E-state index in [0.29, 0.717) is 0 Å². The lowest BCUT2D eigenvalue weighted by Crippen LogP contribution is -2.62. The van der Waals surface area contributed by atoms with Crippen LogP contribution in [0.5, 0.6) is 0 Å².